The molecule has 1 aromatic rings. The molecule has 2 amide bonds. The molecule has 2 atom stereocenters. The van der Waals surface area contributed by atoms with Crippen LogP contribution in [0.3, 0.4) is 0 Å². The summed E-state index contributed by atoms with van der Waals surface area (Å²) in [5, 5.41) is 2.45. The molecule has 0 aromatic heterocycles. The minimum Gasteiger partial charge on any atom is -0.352 e. The predicted octanol–water partition coefficient (Wildman–Crippen LogP) is 2.64. The lowest BCUT2D eigenvalue weighted by atomic mass is 9.96. The third kappa shape index (κ3) is 3.82. The van der Waals surface area contributed by atoms with E-state index in [1.165, 1.54) is 6.92 Å². The van der Waals surface area contributed by atoms with Gasteiger partial charge in [-0.3, -0.25) is 9.59 Å². The van der Waals surface area contributed by atoms with Gasteiger partial charge in [-0.25, -0.2) is 8.78 Å². The molecular formula is C15H15F5N2O2. The molecule has 2 rings (SSSR count). The number of halogens is 5. The van der Waals surface area contributed by atoms with Crippen LogP contribution >= 0.6 is 0 Å². The summed E-state index contributed by atoms with van der Waals surface area (Å²) in [7, 11) is 0. The van der Waals surface area contributed by atoms with E-state index in [0.29, 0.717) is 4.90 Å². The highest BCUT2D eigenvalue weighted by Crippen LogP contribution is 2.33. The summed E-state index contributed by atoms with van der Waals surface area (Å²) in [6, 6.07) is -0.0528. The normalized spacial score (nSPS) is 21.5. The standard InChI is InChI=1S/C15H15F5N2O2/c1-8(23)21-9-5-6-12(15(18,19)20)22(7-9)14(24)10-3-2-4-11(16)13(10)17/h2-4,9,12H,5-7H2,1H3,(H,21,23)/t9-,12-/m0/s1. The van der Waals surface area contributed by atoms with Gasteiger partial charge < -0.3 is 10.2 Å². The average molecular weight is 350 g/mol. The number of alkyl halides is 3. The van der Waals surface area contributed by atoms with E-state index in [2.05, 4.69) is 5.32 Å². The zero-order valence-corrected chi connectivity index (χ0v) is 12.7. The molecule has 0 unspecified atom stereocenters. The highest BCUT2D eigenvalue weighted by molar-refractivity contribution is 5.95. The monoisotopic (exact) mass is 350 g/mol. The van der Waals surface area contributed by atoms with Crippen LogP contribution in [-0.2, 0) is 4.79 Å². The molecule has 1 aliphatic rings. The van der Waals surface area contributed by atoms with Crippen molar-refractivity contribution in [2.75, 3.05) is 6.54 Å². The highest BCUT2D eigenvalue weighted by Gasteiger charge is 2.48. The van der Waals surface area contributed by atoms with E-state index in [4.69, 9.17) is 0 Å². The Morgan fingerprint density at radius 1 is 1.21 bits per heavy atom. The Labute approximate surface area is 134 Å². The Morgan fingerprint density at radius 2 is 1.88 bits per heavy atom. The maximum atomic E-state index is 13.8. The van der Waals surface area contributed by atoms with Crippen molar-refractivity contribution in [1.82, 2.24) is 10.2 Å². The maximum Gasteiger partial charge on any atom is 0.408 e. The minimum atomic E-state index is -4.71. The van der Waals surface area contributed by atoms with Gasteiger partial charge in [0.25, 0.3) is 5.91 Å². The van der Waals surface area contributed by atoms with Crippen LogP contribution in [0.1, 0.15) is 30.1 Å². The second-order valence-corrected chi connectivity index (χ2v) is 5.59. The number of hydrogen-bond donors (Lipinski definition) is 1. The van der Waals surface area contributed by atoms with Crippen LogP contribution in [0.25, 0.3) is 0 Å². The Balaban J connectivity index is 2.34. The average Bonchev–Trinajstić information content (AvgIpc) is 2.47. The van der Waals surface area contributed by atoms with Crippen LogP contribution in [0.5, 0.6) is 0 Å². The molecular weight excluding hydrogens is 335 g/mol. The van der Waals surface area contributed by atoms with Gasteiger partial charge in [-0.2, -0.15) is 13.2 Å². The number of carbonyl (C=O) groups excluding carboxylic acids is 2. The van der Waals surface area contributed by atoms with Gasteiger partial charge in [0.2, 0.25) is 5.91 Å². The first-order valence-electron chi connectivity index (χ1n) is 7.20. The van der Waals surface area contributed by atoms with E-state index in [1.54, 1.807) is 0 Å². The molecule has 0 aliphatic carbocycles. The summed E-state index contributed by atoms with van der Waals surface area (Å²) in [6.07, 6.45) is -5.11. The summed E-state index contributed by atoms with van der Waals surface area (Å²) >= 11 is 0. The second kappa shape index (κ2) is 6.74. The molecule has 4 nitrogen and oxygen atoms in total. The van der Waals surface area contributed by atoms with E-state index in [9.17, 15) is 31.5 Å². The molecule has 0 spiro atoms. The van der Waals surface area contributed by atoms with Crippen molar-refractivity contribution < 1.29 is 31.5 Å². The fraction of sp³-hybridized carbons (Fsp3) is 0.467. The molecule has 1 aromatic carbocycles. The Morgan fingerprint density at radius 3 is 2.46 bits per heavy atom. The first kappa shape index (κ1) is 18.2. The summed E-state index contributed by atoms with van der Waals surface area (Å²) < 4.78 is 66.6. The third-order valence-corrected chi connectivity index (χ3v) is 3.81. The van der Waals surface area contributed by atoms with Crippen LogP contribution in [0.2, 0.25) is 0 Å². The number of nitrogens with zero attached hydrogens (tertiary/aromatic N) is 1. The molecule has 1 N–H and O–H groups in total. The van der Waals surface area contributed by atoms with Gasteiger partial charge >= 0.3 is 6.18 Å². The third-order valence-electron chi connectivity index (χ3n) is 3.81. The van der Waals surface area contributed by atoms with Crippen molar-refractivity contribution >= 4 is 11.8 Å². The van der Waals surface area contributed by atoms with Crippen LogP contribution in [0.15, 0.2) is 18.2 Å². The van der Waals surface area contributed by atoms with Crippen molar-refractivity contribution in [2.24, 2.45) is 0 Å². The number of nitrogens with one attached hydrogen (secondary N) is 1. The lowest BCUT2D eigenvalue weighted by molar-refractivity contribution is -0.184. The van der Waals surface area contributed by atoms with Crippen LogP contribution in [-0.4, -0.2) is 41.5 Å². The Bertz CT molecular complexity index is 647. The lowest BCUT2D eigenvalue weighted by Crippen LogP contribution is -2.58. The largest absolute Gasteiger partial charge is 0.408 e. The van der Waals surface area contributed by atoms with E-state index in [1.807, 2.05) is 0 Å². The summed E-state index contributed by atoms with van der Waals surface area (Å²) in [4.78, 5) is 23.9. The smallest absolute Gasteiger partial charge is 0.352 e. The molecule has 0 saturated carbocycles. The molecule has 0 bridgehead atoms. The van der Waals surface area contributed by atoms with Gasteiger partial charge in [0.15, 0.2) is 11.6 Å². The Kier molecular flexibility index (Phi) is 5.10. The molecule has 1 aliphatic heterocycles. The Hall–Kier alpha value is -2.19. The molecule has 132 valence electrons. The number of carbonyl (C=O) groups is 2. The van der Waals surface area contributed by atoms with Gasteiger partial charge in [0, 0.05) is 19.5 Å². The van der Waals surface area contributed by atoms with Gasteiger partial charge in [-0.15, -0.1) is 0 Å². The van der Waals surface area contributed by atoms with Crippen LogP contribution in [0, 0.1) is 11.6 Å². The number of hydrogen-bond acceptors (Lipinski definition) is 2. The SMILES string of the molecule is CC(=O)N[C@H]1CC[C@@H](C(F)(F)F)N(C(=O)c2cccc(F)c2F)C1. The van der Waals surface area contributed by atoms with Crippen LogP contribution < -0.4 is 5.32 Å². The molecule has 0 radical (unpaired) electrons. The van der Waals surface area contributed by atoms with Crippen molar-refractivity contribution in [3.63, 3.8) is 0 Å². The number of piperidine rings is 1. The number of benzene rings is 1. The van der Waals surface area contributed by atoms with Gasteiger partial charge in [0.05, 0.1) is 5.56 Å². The number of amides is 2. The van der Waals surface area contributed by atoms with Crippen molar-refractivity contribution in [1.29, 1.82) is 0 Å². The van der Waals surface area contributed by atoms with Crippen molar-refractivity contribution in [2.45, 2.75) is 38.0 Å². The number of rotatable bonds is 2. The van der Waals surface area contributed by atoms with Crippen molar-refractivity contribution in [3.05, 3.63) is 35.4 Å². The zero-order valence-electron chi connectivity index (χ0n) is 12.7. The van der Waals surface area contributed by atoms with Gasteiger partial charge in [-0.05, 0) is 25.0 Å². The molecule has 9 heteroatoms. The second-order valence-electron chi connectivity index (χ2n) is 5.59. The fourth-order valence-corrected chi connectivity index (χ4v) is 2.76. The minimum absolute atomic E-state index is 0.0270. The summed E-state index contributed by atoms with van der Waals surface area (Å²) in [5.41, 5.74) is -0.771. The summed E-state index contributed by atoms with van der Waals surface area (Å²) in [5.74, 6) is -4.52. The molecule has 24 heavy (non-hydrogen) atoms. The maximum absolute atomic E-state index is 13.8. The summed E-state index contributed by atoms with van der Waals surface area (Å²) in [6.45, 7) is 0.771. The lowest BCUT2D eigenvalue weighted by Gasteiger charge is -2.40. The quantitative estimate of drug-likeness (QED) is 0.834. The predicted molar refractivity (Wildman–Crippen MR) is 74.1 cm³/mol. The molecule has 1 fully saturated rings. The van der Waals surface area contributed by atoms with Crippen LogP contribution in [0.4, 0.5) is 22.0 Å². The molecule has 1 heterocycles. The fourth-order valence-electron chi connectivity index (χ4n) is 2.76. The van der Waals surface area contributed by atoms with E-state index < -0.39 is 60.2 Å². The topological polar surface area (TPSA) is 49.4 Å². The first-order valence-corrected chi connectivity index (χ1v) is 7.20. The highest BCUT2D eigenvalue weighted by atomic mass is 19.4. The van der Waals surface area contributed by atoms with Crippen molar-refractivity contribution in [3.8, 4) is 0 Å². The van der Waals surface area contributed by atoms with Gasteiger partial charge in [-0.1, -0.05) is 6.07 Å². The zero-order chi connectivity index (χ0) is 18.1. The van der Waals surface area contributed by atoms with E-state index in [-0.39, 0.29) is 6.42 Å². The number of likely N-dealkylation sites (tertiary alicyclic amines) is 1. The van der Waals surface area contributed by atoms with Gasteiger partial charge in [0.1, 0.15) is 6.04 Å². The first-order chi connectivity index (χ1) is 11.1. The molecule has 1 saturated heterocycles. The van der Waals surface area contributed by atoms with E-state index in [0.717, 1.165) is 18.2 Å². The van der Waals surface area contributed by atoms with E-state index >= 15 is 0 Å².